The van der Waals surface area contributed by atoms with E-state index in [2.05, 4.69) is 5.32 Å². The molecule has 0 aromatic carbocycles. The number of nitrogens with two attached hydrogens (primary N) is 1. The quantitative estimate of drug-likeness (QED) is 0.611. The molecule has 1 saturated carbocycles. The zero-order valence-electron chi connectivity index (χ0n) is 9.17. The molecule has 1 rings (SSSR count). The van der Waals surface area contributed by atoms with Gasteiger partial charge in [0.1, 0.15) is 5.54 Å². The molecule has 0 aliphatic heterocycles. The van der Waals surface area contributed by atoms with Crippen LogP contribution in [0.3, 0.4) is 0 Å². The lowest BCUT2D eigenvalue weighted by Gasteiger charge is -2.27. The maximum absolute atomic E-state index is 11.6. The molecule has 0 spiro atoms. The second-order valence-corrected chi connectivity index (χ2v) is 4.50. The Hall–Kier alpha value is -1.10. The van der Waals surface area contributed by atoms with Crippen molar-refractivity contribution < 1.29 is 14.7 Å². The summed E-state index contributed by atoms with van der Waals surface area (Å²) in [5, 5.41) is 11.6. The van der Waals surface area contributed by atoms with Crippen molar-refractivity contribution in [1.82, 2.24) is 5.32 Å². The Bertz CT molecular complexity index is 286. The van der Waals surface area contributed by atoms with Crippen LogP contribution in [0.25, 0.3) is 0 Å². The summed E-state index contributed by atoms with van der Waals surface area (Å²) < 4.78 is 0. The highest BCUT2D eigenvalue weighted by Crippen LogP contribution is 2.33. The van der Waals surface area contributed by atoms with Crippen LogP contribution >= 0.6 is 0 Å². The van der Waals surface area contributed by atoms with E-state index in [9.17, 15) is 9.59 Å². The van der Waals surface area contributed by atoms with E-state index in [-0.39, 0.29) is 5.91 Å². The summed E-state index contributed by atoms with van der Waals surface area (Å²) in [5.41, 5.74) is 3.68. The summed E-state index contributed by atoms with van der Waals surface area (Å²) in [6.45, 7) is 3.39. The number of hydrogen-bond donors (Lipinski definition) is 3. The minimum Gasteiger partial charge on any atom is -0.480 e. The third-order valence-electron chi connectivity index (χ3n) is 2.85. The molecule has 1 amide bonds. The van der Waals surface area contributed by atoms with Crippen LogP contribution in [0.15, 0.2) is 0 Å². The molecule has 1 fully saturated rings. The molecule has 1 aliphatic carbocycles. The number of carboxylic acid groups (broad SMARTS) is 1. The minimum absolute atomic E-state index is 0.346. The fourth-order valence-corrected chi connectivity index (χ4v) is 1.46. The highest BCUT2D eigenvalue weighted by Gasteiger charge is 2.48. The number of nitrogens with one attached hydrogen (secondary N) is 1. The zero-order valence-corrected chi connectivity index (χ0v) is 9.17. The van der Waals surface area contributed by atoms with Crippen molar-refractivity contribution in [1.29, 1.82) is 0 Å². The Kier molecular flexibility index (Phi) is 3.04. The van der Waals surface area contributed by atoms with Crippen LogP contribution in [-0.4, -0.2) is 28.1 Å². The van der Waals surface area contributed by atoms with E-state index in [4.69, 9.17) is 10.8 Å². The maximum atomic E-state index is 11.6. The van der Waals surface area contributed by atoms with Crippen LogP contribution in [0.1, 0.15) is 39.5 Å². The third kappa shape index (κ3) is 2.47. The normalized spacial score (nSPS) is 21.5. The predicted octanol–water partition coefficient (Wildman–Crippen LogP) is 0.237. The molecule has 0 heterocycles. The van der Waals surface area contributed by atoms with Gasteiger partial charge in [0.2, 0.25) is 5.91 Å². The molecule has 1 unspecified atom stereocenters. The molecule has 5 heteroatoms. The van der Waals surface area contributed by atoms with Gasteiger partial charge in [-0.3, -0.25) is 4.79 Å². The van der Waals surface area contributed by atoms with Crippen LogP contribution in [-0.2, 0) is 9.59 Å². The summed E-state index contributed by atoms with van der Waals surface area (Å²) in [7, 11) is 0. The molecule has 4 N–H and O–H groups in total. The summed E-state index contributed by atoms with van der Waals surface area (Å²) in [6.07, 6.45) is 2.38. The lowest BCUT2D eigenvalue weighted by atomic mass is 9.95. The Morgan fingerprint density at radius 1 is 1.53 bits per heavy atom. The summed E-state index contributed by atoms with van der Waals surface area (Å²) >= 11 is 0. The topological polar surface area (TPSA) is 92.4 Å². The van der Waals surface area contributed by atoms with Crippen molar-refractivity contribution in [2.45, 2.75) is 50.6 Å². The molecule has 0 bridgehead atoms. The molecule has 5 nitrogen and oxygen atoms in total. The Balaban J connectivity index is 2.66. The van der Waals surface area contributed by atoms with Crippen molar-refractivity contribution in [3.63, 3.8) is 0 Å². The zero-order chi connectivity index (χ0) is 11.7. The summed E-state index contributed by atoms with van der Waals surface area (Å²) in [6, 6.07) is 0. The highest BCUT2D eigenvalue weighted by atomic mass is 16.4. The van der Waals surface area contributed by atoms with Gasteiger partial charge in [0, 0.05) is 0 Å². The molecule has 0 aromatic heterocycles. The molecular weight excluding hydrogens is 196 g/mol. The van der Waals surface area contributed by atoms with Crippen LogP contribution in [0, 0.1) is 0 Å². The van der Waals surface area contributed by atoms with Crippen LogP contribution < -0.4 is 11.1 Å². The maximum Gasteiger partial charge on any atom is 0.329 e. The van der Waals surface area contributed by atoms with Gasteiger partial charge in [-0.1, -0.05) is 13.3 Å². The number of aliphatic carboxylic acids is 1. The fourth-order valence-electron chi connectivity index (χ4n) is 1.46. The lowest BCUT2D eigenvalue weighted by molar-refractivity contribution is -0.147. The predicted molar refractivity (Wildman–Crippen MR) is 55.2 cm³/mol. The minimum atomic E-state index is -1.19. The van der Waals surface area contributed by atoms with E-state index in [0.717, 1.165) is 0 Å². The van der Waals surface area contributed by atoms with Gasteiger partial charge in [0.05, 0.1) is 5.54 Å². The standard InChI is InChI=1S/C10H18N2O3/c1-3-4-9(2,8(14)15)12-7(13)10(11)5-6-10/h3-6,11H2,1-2H3,(H,12,13)(H,14,15). The Morgan fingerprint density at radius 3 is 2.40 bits per heavy atom. The van der Waals surface area contributed by atoms with E-state index in [0.29, 0.717) is 25.7 Å². The van der Waals surface area contributed by atoms with E-state index in [1.807, 2.05) is 6.92 Å². The number of carbonyl (C=O) groups is 2. The van der Waals surface area contributed by atoms with Crippen molar-refractivity contribution in [2.75, 3.05) is 0 Å². The number of carboxylic acids is 1. The van der Waals surface area contributed by atoms with Gasteiger partial charge in [-0.15, -0.1) is 0 Å². The number of carbonyl (C=O) groups excluding carboxylic acids is 1. The third-order valence-corrected chi connectivity index (χ3v) is 2.85. The second-order valence-electron chi connectivity index (χ2n) is 4.50. The van der Waals surface area contributed by atoms with Crippen molar-refractivity contribution >= 4 is 11.9 Å². The van der Waals surface area contributed by atoms with Crippen LogP contribution in [0.4, 0.5) is 0 Å². The molecule has 0 aromatic rings. The van der Waals surface area contributed by atoms with Crippen LogP contribution in [0.2, 0.25) is 0 Å². The van der Waals surface area contributed by atoms with Crippen molar-refractivity contribution in [3.8, 4) is 0 Å². The van der Waals surface area contributed by atoms with Gasteiger partial charge in [-0.2, -0.15) is 0 Å². The average molecular weight is 214 g/mol. The average Bonchev–Trinajstić information content (AvgIpc) is 2.85. The first-order chi connectivity index (χ1) is 6.84. The van der Waals surface area contributed by atoms with Crippen molar-refractivity contribution in [2.24, 2.45) is 5.73 Å². The smallest absolute Gasteiger partial charge is 0.329 e. The van der Waals surface area contributed by atoms with Gasteiger partial charge < -0.3 is 16.2 Å². The Labute approximate surface area is 89.0 Å². The number of hydrogen-bond acceptors (Lipinski definition) is 3. The summed E-state index contributed by atoms with van der Waals surface area (Å²) in [5.74, 6) is -1.36. The summed E-state index contributed by atoms with van der Waals surface area (Å²) in [4.78, 5) is 22.7. The molecule has 86 valence electrons. The first-order valence-corrected chi connectivity index (χ1v) is 5.19. The second kappa shape index (κ2) is 3.81. The molecule has 15 heavy (non-hydrogen) atoms. The SMILES string of the molecule is CCCC(C)(NC(=O)C1(N)CC1)C(=O)O. The van der Waals surface area contributed by atoms with E-state index < -0.39 is 17.0 Å². The van der Waals surface area contributed by atoms with Gasteiger partial charge in [-0.25, -0.2) is 4.79 Å². The van der Waals surface area contributed by atoms with Crippen LogP contribution in [0.5, 0.6) is 0 Å². The molecule has 0 radical (unpaired) electrons. The Morgan fingerprint density at radius 2 is 2.07 bits per heavy atom. The van der Waals surface area contributed by atoms with Gasteiger partial charge in [0.15, 0.2) is 0 Å². The molecular formula is C10H18N2O3. The van der Waals surface area contributed by atoms with Gasteiger partial charge in [-0.05, 0) is 26.2 Å². The number of rotatable bonds is 5. The highest BCUT2D eigenvalue weighted by molar-refractivity contribution is 5.93. The molecule has 1 atom stereocenters. The largest absolute Gasteiger partial charge is 0.480 e. The van der Waals surface area contributed by atoms with Gasteiger partial charge in [0.25, 0.3) is 0 Å². The van der Waals surface area contributed by atoms with Gasteiger partial charge >= 0.3 is 5.97 Å². The monoisotopic (exact) mass is 214 g/mol. The van der Waals surface area contributed by atoms with E-state index in [1.54, 1.807) is 0 Å². The molecule has 1 aliphatic rings. The fraction of sp³-hybridized carbons (Fsp3) is 0.800. The molecule has 0 saturated heterocycles. The first-order valence-electron chi connectivity index (χ1n) is 5.19. The van der Waals surface area contributed by atoms with E-state index in [1.165, 1.54) is 6.92 Å². The lowest BCUT2D eigenvalue weighted by Crippen LogP contribution is -2.57. The number of amides is 1. The first kappa shape index (κ1) is 12.0. The van der Waals surface area contributed by atoms with Crippen molar-refractivity contribution in [3.05, 3.63) is 0 Å². The van der Waals surface area contributed by atoms with E-state index >= 15 is 0 Å².